The largest absolute Gasteiger partial charge is 0.545 e. The lowest BCUT2D eigenvalue weighted by Gasteiger charge is -2.40. The van der Waals surface area contributed by atoms with Crippen LogP contribution in [0.4, 0.5) is 5.69 Å². The fraction of sp³-hybridized carbons (Fsp3) is 0.300. The van der Waals surface area contributed by atoms with E-state index in [0.717, 1.165) is 42.9 Å². The van der Waals surface area contributed by atoms with E-state index in [1.54, 1.807) is 6.07 Å². The Morgan fingerprint density at radius 3 is 2.32 bits per heavy atom. The second-order valence-corrected chi connectivity index (χ2v) is 14.9. The van der Waals surface area contributed by atoms with Crippen LogP contribution < -0.4 is 15.2 Å². The summed E-state index contributed by atoms with van der Waals surface area (Å²) in [4.78, 5) is 30.9. The van der Waals surface area contributed by atoms with Gasteiger partial charge in [0.2, 0.25) is 0 Å². The molecule has 3 heterocycles. The van der Waals surface area contributed by atoms with Crippen molar-refractivity contribution in [2.45, 2.75) is 32.9 Å². The Labute approximate surface area is 217 Å². The Hall–Kier alpha value is -3.80. The number of anilines is 1. The molecule has 37 heavy (non-hydrogen) atoms. The van der Waals surface area contributed by atoms with Gasteiger partial charge < -0.3 is 14.8 Å². The molecule has 0 spiro atoms. The van der Waals surface area contributed by atoms with Gasteiger partial charge in [0.15, 0.2) is 5.71 Å². The van der Waals surface area contributed by atoms with Gasteiger partial charge in [0.1, 0.15) is 21.2 Å². The van der Waals surface area contributed by atoms with Crippen molar-refractivity contribution in [2.24, 2.45) is 0 Å². The van der Waals surface area contributed by atoms with E-state index in [4.69, 9.17) is 9.59 Å². The Bertz CT molecular complexity index is 1460. The first kappa shape index (κ1) is 24.9. The third-order valence-corrected chi connectivity index (χ3v) is 11.5. The summed E-state index contributed by atoms with van der Waals surface area (Å²) in [5.41, 5.74) is 8.04. The van der Waals surface area contributed by atoms with E-state index in [-0.39, 0.29) is 11.7 Å². The standard InChI is InChI=1S/C29H30N2O2Si.CO2/c1-19-6-9-22(29(32)33)25(16-19)28-23-10-7-20(30-12-4-13-30)17-26(23)34(2,3)27-18-21(8-11-24(27)28)31-14-5-15-31;2-1-3/h6-11,16-18H,4-5,12-15H2,1-3H3;. The fourth-order valence-electron chi connectivity index (χ4n) is 5.70. The second-order valence-electron chi connectivity index (χ2n) is 10.6. The van der Waals surface area contributed by atoms with Crippen LogP contribution in [0.2, 0.25) is 13.1 Å². The monoisotopic (exact) mass is 510 g/mol. The van der Waals surface area contributed by atoms with Crippen LogP contribution in [0.5, 0.6) is 0 Å². The number of hydrogen-bond donors (Lipinski definition) is 0. The minimum atomic E-state index is -2.03. The fourth-order valence-corrected chi connectivity index (χ4v) is 8.77. The summed E-state index contributed by atoms with van der Waals surface area (Å²) in [6.45, 7) is 11.3. The highest BCUT2D eigenvalue weighted by Crippen LogP contribution is 2.43. The smallest absolute Gasteiger partial charge is 0.373 e. The molecule has 2 saturated heterocycles. The lowest BCUT2D eigenvalue weighted by Crippen LogP contribution is -2.50. The quantitative estimate of drug-likeness (QED) is 0.469. The van der Waals surface area contributed by atoms with Crippen LogP contribution in [-0.4, -0.2) is 56.7 Å². The molecule has 0 unspecified atom stereocenters. The molecule has 0 aromatic heterocycles. The summed E-state index contributed by atoms with van der Waals surface area (Å²) in [6, 6.07) is 12.4. The van der Waals surface area contributed by atoms with Crippen LogP contribution in [-0.2, 0) is 9.59 Å². The highest BCUT2D eigenvalue weighted by Gasteiger charge is 2.41. The van der Waals surface area contributed by atoms with Gasteiger partial charge in [-0.2, -0.15) is 9.59 Å². The maximum absolute atomic E-state index is 12.2. The predicted octanol–water partition coefficient (Wildman–Crippen LogP) is 2.61. The number of aryl methyl sites for hydroxylation is 1. The van der Waals surface area contributed by atoms with Gasteiger partial charge in [-0.1, -0.05) is 42.9 Å². The van der Waals surface area contributed by atoms with E-state index in [1.807, 2.05) is 19.1 Å². The van der Waals surface area contributed by atoms with E-state index < -0.39 is 14.0 Å². The second kappa shape index (κ2) is 9.58. The first-order chi connectivity index (χ1) is 17.8. The Kier molecular flexibility index (Phi) is 6.44. The Morgan fingerprint density at radius 1 is 1.00 bits per heavy atom. The van der Waals surface area contributed by atoms with Crippen molar-refractivity contribution in [3.8, 4) is 0 Å². The molecule has 188 valence electrons. The Balaban J connectivity index is 0.000000892. The summed E-state index contributed by atoms with van der Waals surface area (Å²) in [6.07, 6.45) is 9.59. The van der Waals surface area contributed by atoms with Gasteiger partial charge in [-0.05, 0) is 64.2 Å². The molecule has 0 saturated carbocycles. The van der Waals surface area contributed by atoms with Gasteiger partial charge in [-0.15, -0.1) is 0 Å². The van der Waals surface area contributed by atoms with Gasteiger partial charge >= 0.3 is 6.15 Å². The van der Waals surface area contributed by atoms with Crippen molar-refractivity contribution < 1.29 is 24.1 Å². The summed E-state index contributed by atoms with van der Waals surface area (Å²) < 4.78 is 2.44. The number of fused-ring (bicyclic) bond motifs is 2. The van der Waals surface area contributed by atoms with Crippen LogP contribution >= 0.6 is 0 Å². The third kappa shape index (κ3) is 4.24. The molecule has 2 fully saturated rings. The summed E-state index contributed by atoms with van der Waals surface area (Å²) in [5.74, 6) is -1.12. The van der Waals surface area contributed by atoms with E-state index >= 15 is 0 Å². The number of allylic oxidation sites excluding steroid dienone is 5. The van der Waals surface area contributed by atoms with Crippen molar-refractivity contribution >= 4 is 42.4 Å². The van der Waals surface area contributed by atoms with Crippen LogP contribution in [0.3, 0.4) is 0 Å². The average molecular weight is 511 g/mol. The average Bonchev–Trinajstić information content (AvgIpc) is 2.78. The molecule has 4 aliphatic rings. The first-order valence-corrected chi connectivity index (χ1v) is 15.7. The lowest BCUT2D eigenvalue weighted by atomic mass is 9.86. The molecule has 0 amide bonds. The number of aromatic carboxylic acids is 1. The number of carbonyl (C=O) groups excluding carboxylic acids is 3. The van der Waals surface area contributed by atoms with Crippen LogP contribution in [0.1, 0.15) is 39.9 Å². The van der Waals surface area contributed by atoms with Crippen molar-refractivity contribution in [2.75, 3.05) is 31.1 Å². The number of carboxylic acid groups (broad SMARTS) is 1. The molecule has 0 bridgehead atoms. The van der Waals surface area contributed by atoms with Gasteiger partial charge in [-0.3, -0.25) is 0 Å². The molecule has 7 heteroatoms. The first-order valence-electron chi connectivity index (χ1n) is 12.7. The molecule has 0 atom stereocenters. The summed E-state index contributed by atoms with van der Waals surface area (Å²) in [7, 11) is -2.03. The van der Waals surface area contributed by atoms with E-state index in [2.05, 4.69) is 59.0 Å². The number of carboxylic acids is 1. The van der Waals surface area contributed by atoms with E-state index in [1.165, 1.54) is 45.8 Å². The van der Waals surface area contributed by atoms with Crippen molar-refractivity contribution in [3.05, 3.63) is 87.6 Å². The summed E-state index contributed by atoms with van der Waals surface area (Å²) >= 11 is 0. The van der Waals surface area contributed by atoms with Gasteiger partial charge in [0, 0.05) is 36.5 Å². The molecule has 2 aromatic rings. The number of hydrogen-bond acceptors (Lipinski definition) is 5. The molecule has 6 rings (SSSR count). The number of carbonyl (C=O) groups is 1. The highest BCUT2D eigenvalue weighted by atomic mass is 28.3. The van der Waals surface area contributed by atoms with Gasteiger partial charge in [0.25, 0.3) is 0 Å². The predicted molar refractivity (Wildman–Crippen MR) is 144 cm³/mol. The van der Waals surface area contributed by atoms with Crippen molar-refractivity contribution in [1.29, 1.82) is 0 Å². The molecule has 2 aromatic carbocycles. The number of nitrogens with zero attached hydrogens (tertiary/aromatic N) is 2. The molecule has 0 radical (unpaired) electrons. The van der Waals surface area contributed by atoms with Crippen molar-refractivity contribution in [1.82, 2.24) is 0 Å². The SMILES string of the molecule is Cc1ccc(C(=O)[O-])c(C2=C3C=CC(=[N+]4CCC4)C=C3[Si](C)(C)c3cc(N4CCC4)ccc32)c1.O=C=O. The molecule has 6 nitrogen and oxygen atoms in total. The van der Waals surface area contributed by atoms with E-state index in [0.29, 0.717) is 0 Å². The maximum atomic E-state index is 12.2. The van der Waals surface area contributed by atoms with Gasteiger partial charge in [0.05, 0.1) is 12.4 Å². The zero-order valence-electron chi connectivity index (χ0n) is 21.5. The topological polar surface area (TPSA) is 80.5 Å². The Morgan fingerprint density at radius 2 is 1.73 bits per heavy atom. The van der Waals surface area contributed by atoms with Gasteiger partial charge in [-0.25, -0.2) is 4.58 Å². The maximum Gasteiger partial charge on any atom is 0.373 e. The molecule has 0 N–H and O–H groups in total. The zero-order chi connectivity index (χ0) is 26.3. The minimum absolute atomic E-state index is 0.250. The molecular weight excluding hydrogens is 480 g/mol. The normalized spacial score (nSPS) is 18.9. The van der Waals surface area contributed by atoms with Crippen LogP contribution in [0.15, 0.2) is 65.4 Å². The van der Waals surface area contributed by atoms with Crippen LogP contribution in [0.25, 0.3) is 5.57 Å². The van der Waals surface area contributed by atoms with Crippen molar-refractivity contribution in [3.63, 3.8) is 0 Å². The molecule has 1 aliphatic carbocycles. The number of benzene rings is 2. The summed E-state index contributed by atoms with van der Waals surface area (Å²) in [5, 5.41) is 15.0. The minimum Gasteiger partial charge on any atom is -0.545 e. The molecule has 3 aliphatic heterocycles. The number of rotatable bonds is 3. The molecular formula is C30H30N2O4Si. The van der Waals surface area contributed by atoms with E-state index in [9.17, 15) is 9.90 Å². The lowest BCUT2D eigenvalue weighted by molar-refractivity contribution is -0.582. The zero-order valence-corrected chi connectivity index (χ0v) is 22.5. The third-order valence-electron chi connectivity index (χ3n) is 8.00. The van der Waals surface area contributed by atoms with Crippen LogP contribution in [0, 0.1) is 6.92 Å². The highest BCUT2D eigenvalue weighted by molar-refractivity contribution is 6.98.